The zero-order valence-electron chi connectivity index (χ0n) is 15.8. The molecule has 0 aliphatic carbocycles. The maximum atomic E-state index is 13.3. The molecule has 4 rings (SSSR count). The van der Waals surface area contributed by atoms with E-state index in [4.69, 9.17) is 0 Å². The van der Waals surface area contributed by atoms with E-state index in [-0.39, 0.29) is 29.6 Å². The fourth-order valence-electron chi connectivity index (χ4n) is 4.36. The summed E-state index contributed by atoms with van der Waals surface area (Å²) < 4.78 is 24.7. The minimum atomic E-state index is -3.16. The Bertz CT molecular complexity index is 996. The van der Waals surface area contributed by atoms with Gasteiger partial charge in [-0.1, -0.05) is 35.9 Å². The first-order valence-corrected chi connectivity index (χ1v) is 11.0. The number of benzene rings is 2. The average Bonchev–Trinajstić information content (AvgIpc) is 2.98. The molecule has 5 nitrogen and oxygen atoms in total. The lowest BCUT2D eigenvalue weighted by Gasteiger charge is -2.23. The van der Waals surface area contributed by atoms with Gasteiger partial charge >= 0.3 is 6.03 Å². The summed E-state index contributed by atoms with van der Waals surface area (Å²) in [5, 5.41) is 0. The summed E-state index contributed by atoms with van der Waals surface area (Å²) >= 11 is 0. The van der Waals surface area contributed by atoms with Gasteiger partial charge in [0.05, 0.1) is 23.6 Å². The lowest BCUT2D eigenvalue weighted by molar-refractivity contribution is 0.206. The topological polar surface area (TPSA) is 57.7 Å². The third kappa shape index (κ3) is 3.34. The van der Waals surface area contributed by atoms with Gasteiger partial charge in [-0.3, -0.25) is 4.90 Å². The van der Waals surface area contributed by atoms with Crippen molar-refractivity contribution in [3.05, 3.63) is 64.7 Å². The van der Waals surface area contributed by atoms with Gasteiger partial charge < -0.3 is 4.90 Å². The number of hydrogen-bond donors (Lipinski definition) is 0. The molecule has 2 aliphatic rings. The number of amides is 2. The minimum absolute atomic E-state index is 0.0285. The summed E-state index contributed by atoms with van der Waals surface area (Å²) in [7, 11) is -3.16. The molecule has 2 aliphatic heterocycles. The second-order valence-electron chi connectivity index (χ2n) is 7.83. The van der Waals surface area contributed by atoms with E-state index in [1.165, 1.54) is 0 Å². The van der Waals surface area contributed by atoms with Crippen molar-refractivity contribution in [3.63, 3.8) is 0 Å². The van der Waals surface area contributed by atoms with Gasteiger partial charge in [-0.15, -0.1) is 0 Å². The van der Waals surface area contributed by atoms with Gasteiger partial charge in [-0.05, 0) is 49.6 Å². The van der Waals surface area contributed by atoms with Crippen molar-refractivity contribution in [2.75, 3.05) is 16.4 Å². The van der Waals surface area contributed by atoms with Crippen molar-refractivity contribution in [1.29, 1.82) is 0 Å². The first-order chi connectivity index (χ1) is 12.7. The van der Waals surface area contributed by atoms with Crippen LogP contribution in [0.4, 0.5) is 10.5 Å². The largest absolute Gasteiger partial charge is 0.325 e. The van der Waals surface area contributed by atoms with Gasteiger partial charge in [0.15, 0.2) is 9.84 Å². The molecule has 0 saturated carbocycles. The van der Waals surface area contributed by atoms with E-state index in [2.05, 4.69) is 6.07 Å². The Hall–Kier alpha value is -2.34. The minimum Gasteiger partial charge on any atom is -0.314 e. The van der Waals surface area contributed by atoms with Crippen LogP contribution in [0.1, 0.15) is 22.3 Å². The molecule has 27 heavy (non-hydrogen) atoms. The zero-order valence-corrected chi connectivity index (χ0v) is 16.7. The average molecular weight is 385 g/mol. The second kappa shape index (κ2) is 6.37. The van der Waals surface area contributed by atoms with Gasteiger partial charge in [0.25, 0.3) is 0 Å². The van der Waals surface area contributed by atoms with E-state index in [0.29, 0.717) is 6.54 Å². The quantitative estimate of drug-likeness (QED) is 0.764. The molecule has 0 radical (unpaired) electrons. The third-order valence-corrected chi connectivity index (χ3v) is 7.10. The van der Waals surface area contributed by atoms with Crippen LogP contribution >= 0.6 is 0 Å². The second-order valence-corrected chi connectivity index (χ2v) is 9.98. The molecule has 2 aromatic rings. The molecule has 0 N–H and O–H groups in total. The SMILES string of the molecule is Cc1cccc(CN2C(=O)N(c3cc(C)cc(C)c3)C3CS(=O)(=O)CC32)c1. The highest BCUT2D eigenvalue weighted by molar-refractivity contribution is 7.91. The highest BCUT2D eigenvalue weighted by Crippen LogP contribution is 2.36. The van der Waals surface area contributed by atoms with Gasteiger partial charge in [-0.2, -0.15) is 0 Å². The Morgan fingerprint density at radius 1 is 0.926 bits per heavy atom. The predicted octanol–water partition coefficient (Wildman–Crippen LogP) is 3.22. The van der Waals surface area contributed by atoms with Crippen LogP contribution in [-0.4, -0.2) is 42.9 Å². The Kier molecular flexibility index (Phi) is 4.26. The number of sulfone groups is 1. The van der Waals surface area contributed by atoms with Crippen LogP contribution in [0.25, 0.3) is 0 Å². The van der Waals surface area contributed by atoms with Crippen molar-refractivity contribution < 1.29 is 13.2 Å². The highest BCUT2D eigenvalue weighted by atomic mass is 32.2. The Morgan fingerprint density at radius 2 is 1.59 bits per heavy atom. The van der Waals surface area contributed by atoms with Crippen molar-refractivity contribution in [1.82, 2.24) is 4.90 Å². The number of hydrogen-bond acceptors (Lipinski definition) is 3. The molecule has 2 heterocycles. The van der Waals surface area contributed by atoms with E-state index in [9.17, 15) is 13.2 Å². The van der Waals surface area contributed by atoms with Crippen molar-refractivity contribution in [2.45, 2.75) is 39.4 Å². The number of carbonyl (C=O) groups is 1. The van der Waals surface area contributed by atoms with Crippen molar-refractivity contribution in [3.8, 4) is 0 Å². The summed E-state index contributed by atoms with van der Waals surface area (Å²) in [6, 6.07) is 13.3. The number of nitrogens with zero attached hydrogens (tertiary/aromatic N) is 2. The van der Waals surface area contributed by atoms with Crippen LogP contribution in [-0.2, 0) is 16.4 Å². The lowest BCUT2D eigenvalue weighted by atomic mass is 10.1. The van der Waals surface area contributed by atoms with Gasteiger partial charge in [-0.25, -0.2) is 13.2 Å². The van der Waals surface area contributed by atoms with Gasteiger partial charge in [0, 0.05) is 12.2 Å². The maximum absolute atomic E-state index is 13.3. The van der Waals surface area contributed by atoms with Crippen LogP contribution in [0.2, 0.25) is 0 Å². The molecular formula is C21H24N2O3S. The monoisotopic (exact) mass is 384 g/mol. The standard InChI is InChI=1S/C21H24N2O3S/c1-14-5-4-6-17(8-14)11-22-19-12-27(25,26)13-20(19)23(21(22)24)18-9-15(2)7-16(3)10-18/h4-10,19-20H,11-13H2,1-3H3. The Morgan fingerprint density at radius 3 is 2.26 bits per heavy atom. The molecule has 2 amide bonds. The van der Waals surface area contributed by atoms with Crippen LogP contribution in [0.5, 0.6) is 0 Å². The molecular weight excluding hydrogens is 360 g/mol. The molecule has 2 aromatic carbocycles. The zero-order chi connectivity index (χ0) is 19.3. The number of anilines is 1. The van der Waals surface area contributed by atoms with E-state index < -0.39 is 9.84 Å². The number of fused-ring (bicyclic) bond motifs is 1. The highest BCUT2D eigenvalue weighted by Gasteiger charge is 2.53. The molecule has 2 atom stereocenters. The molecule has 2 fully saturated rings. The van der Waals surface area contributed by atoms with E-state index in [1.54, 1.807) is 9.80 Å². The van der Waals surface area contributed by atoms with Crippen molar-refractivity contribution >= 4 is 21.6 Å². The normalized spacial score (nSPS) is 23.7. The summed E-state index contributed by atoms with van der Waals surface area (Å²) in [5.74, 6) is 0.0667. The Balaban J connectivity index is 1.73. The van der Waals surface area contributed by atoms with E-state index in [1.807, 2.05) is 57.2 Å². The number of carbonyl (C=O) groups excluding carboxylic acids is 1. The number of urea groups is 1. The van der Waals surface area contributed by atoms with Crippen LogP contribution in [0.3, 0.4) is 0 Å². The van der Waals surface area contributed by atoms with Crippen LogP contribution < -0.4 is 4.90 Å². The molecule has 0 aromatic heterocycles. The molecule has 0 bridgehead atoms. The van der Waals surface area contributed by atoms with Crippen LogP contribution in [0.15, 0.2) is 42.5 Å². The summed E-state index contributed by atoms with van der Waals surface area (Å²) in [4.78, 5) is 16.7. The van der Waals surface area contributed by atoms with Crippen molar-refractivity contribution in [2.24, 2.45) is 0 Å². The van der Waals surface area contributed by atoms with Gasteiger partial charge in [0.1, 0.15) is 0 Å². The van der Waals surface area contributed by atoms with E-state index >= 15 is 0 Å². The smallest absolute Gasteiger partial charge is 0.314 e. The molecule has 6 heteroatoms. The summed E-state index contributed by atoms with van der Waals surface area (Å²) in [5.41, 5.74) is 5.06. The molecule has 2 unspecified atom stereocenters. The first-order valence-electron chi connectivity index (χ1n) is 9.18. The predicted molar refractivity (Wildman–Crippen MR) is 107 cm³/mol. The molecule has 142 valence electrons. The fourth-order valence-corrected chi connectivity index (χ4v) is 6.31. The number of rotatable bonds is 3. The van der Waals surface area contributed by atoms with E-state index in [0.717, 1.165) is 27.9 Å². The maximum Gasteiger partial charge on any atom is 0.325 e. The first kappa shape index (κ1) is 18.0. The number of aryl methyl sites for hydroxylation is 3. The summed E-state index contributed by atoms with van der Waals surface area (Å²) in [6.07, 6.45) is 0. The molecule has 0 spiro atoms. The fraction of sp³-hybridized carbons (Fsp3) is 0.381. The van der Waals surface area contributed by atoms with Crippen LogP contribution in [0, 0.1) is 20.8 Å². The molecule has 2 saturated heterocycles. The Labute approximate surface area is 160 Å². The lowest BCUT2D eigenvalue weighted by Crippen LogP contribution is -2.37. The summed E-state index contributed by atoms with van der Waals surface area (Å²) in [6.45, 7) is 6.42. The van der Waals surface area contributed by atoms with Gasteiger partial charge in [0.2, 0.25) is 0 Å². The third-order valence-electron chi connectivity index (χ3n) is 5.40.